The minimum absolute atomic E-state index is 0.0252. The van der Waals surface area contributed by atoms with Gasteiger partial charge in [-0.1, -0.05) is 17.3 Å². The molecule has 3 heterocycles. The first kappa shape index (κ1) is 23.9. The fourth-order valence-corrected chi connectivity index (χ4v) is 3.98. The molecule has 0 spiro atoms. The number of aliphatic carboxylic acids is 1. The van der Waals surface area contributed by atoms with Gasteiger partial charge in [0.15, 0.2) is 5.84 Å². The number of nitrogens with zero attached hydrogens (tertiary/aromatic N) is 4. The quantitative estimate of drug-likeness (QED) is 0.327. The number of rotatable bonds is 8. The Morgan fingerprint density at radius 2 is 2.11 bits per heavy atom. The number of oxime groups is 1. The number of hydrogen-bond donors (Lipinski definition) is 3. The topological polar surface area (TPSA) is 145 Å². The number of carboxylic acid groups (broad SMARTS) is 1. The summed E-state index contributed by atoms with van der Waals surface area (Å²) in [5.74, 6) is -0.372. The van der Waals surface area contributed by atoms with E-state index < -0.39 is 11.8 Å². The van der Waals surface area contributed by atoms with Gasteiger partial charge in [0.2, 0.25) is 11.8 Å². The summed E-state index contributed by atoms with van der Waals surface area (Å²) in [5.41, 5.74) is 9.77. The number of aromatic nitrogens is 3. The van der Waals surface area contributed by atoms with Crippen molar-refractivity contribution in [1.82, 2.24) is 20.3 Å². The van der Waals surface area contributed by atoms with Crippen LogP contribution in [-0.2, 0) is 16.1 Å². The van der Waals surface area contributed by atoms with Crippen LogP contribution in [0.1, 0.15) is 41.4 Å². The summed E-state index contributed by atoms with van der Waals surface area (Å²) >= 11 is 0. The molecule has 0 amide bonds. The number of fused-ring (bicyclic) bond motifs is 1. The van der Waals surface area contributed by atoms with Gasteiger partial charge in [0.25, 0.3) is 0 Å². The number of benzene rings is 1. The number of carboxylic acids is 1. The van der Waals surface area contributed by atoms with Crippen molar-refractivity contribution in [3.8, 4) is 17.1 Å². The predicted molar refractivity (Wildman–Crippen MR) is 126 cm³/mol. The lowest BCUT2D eigenvalue weighted by atomic mass is 9.90. The van der Waals surface area contributed by atoms with Crippen molar-refractivity contribution in [1.29, 1.82) is 0 Å². The van der Waals surface area contributed by atoms with Crippen LogP contribution in [0.4, 0.5) is 10.3 Å². The molecule has 35 heavy (non-hydrogen) atoms. The molecule has 3 aromatic rings. The molecule has 2 aromatic heterocycles. The molecule has 0 radical (unpaired) electrons. The summed E-state index contributed by atoms with van der Waals surface area (Å²) in [7, 11) is 1.52. The zero-order valence-electron chi connectivity index (χ0n) is 19.3. The first-order chi connectivity index (χ1) is 16.9. The zero-order chi connectivity index (χ0) is 24.9. The van der Waals surface area contributed by atoms with Gasteiger partial charge in [0.05, 0.1) is 35.8 Å². The molecule has 4 N–H and O–H groups in total. The first-order valence-corrected chi connectivity index (χ1v) is 11.0. The average molecular weight is 481 g/mol. The van der Waals surface area contributed by atoms with Crippen molar-refractivity contribution in [3.63, 3.8) is 0 Å². The van der Waals surface area contributed by atoms with E-state index in [1.807, 2.05) is 0 Å². The van der Waals surface area contributed by atoms with Gasteiger partial charge in [-0.15, -0.1) is 0 Å². The highest BCUT2D eigenvalue weighted by Gasteiger charge is 2.30. The number of methoxy groups -OCH3 is 1. The standard InChI is InChI=1S/C24H25FN6O4/c1-13-22-19(30-24(26)27-13)12-18(29-23(22)31-35-10-4-7-21(32)33)15-9-8-14(25)11-16(15)17-5-3-6-20(28-17)34-2/h3,5-6,8-9,11,18H,4,7,10,12H2,1-2H3,(H,29,31)(H,32,33)(H2,26,27,30). The minimum atomic E-state index is -0.905. The molecular formula is C24H25FN6O4. The molecule has 0 fully saturated rings. The summed E-state index contributed by atoms with van der Waals surface area (Å²) in [5, 5.41) is 16.4. The van der Waals surface area contributed by atoms with E-state index in [-0.39, 0.29) is 25.0 Å². The van der Waals surface area contributed by atoms with Crippen LogP contribution in [0.3, 0.4) is 0 Å². The van der Waals surface area contributed by atoms with Crippen LogP contribution in [0.25, 0.3) is 11.3 Å². The van der Waals surface area contributed by atoms with Gasteiger partial charge in [-0.25, -0.2) is 19.3 Å². The number of anilines is 1. The van der Waals surface area contributed by atoms with Gasteiger partial charge in [0, 0.05) is 24.5 Å². The van der Waals surface area contributed by atoms with E-state index in [9.17, 15) is 9.18 Å². The number of hydrogen-bond acceptors (Lipinski definition) is 8. The fourth-order valence-electron chi connectivity index (χ4n) is 3.98. The predicted octanol–water partition coefficient (Wildman–Crippen LogP) is 3.01. The maximum absolute atomic E-state index is 14.3. The van der Waals surface area contributed by atoms with Crippen LogP contribution in [0.2, 0.25) is 0 Å². The number of nitrogen functional groups attached to an aromatic ring is 1. The lowest BCUT2D eigenvalue weighted by molar-refractivity contribution is -0.137. The second kappa shape index (κ2) is 10.3. The second-order valence-electron chi connectivity index (χ2n) is 7.96. The summed E-state index contributed by atoms with van der Waals surface area (Å²) in [6, 6.07) is 9.42. The highest BCUT2D eigenvalue weighted by Crippen LogP contribution is 2.34. The van der Waals surface area contributed by atoms with E-state index >= 15 is 0 Å². The summed E-state index contributed by atoms with van der Waals surface area (Å²) in [6.07, 6.45) is 0.718. The molecule has 0 saturated heterocycles. The number of pyridine rings is 1. The van der Waals surface area contributed by atoms with Gasteiger partial charge in [-0.2, -0.15) is 0 Å². The van der Waals surface area contributed by atoms with Gasteiger partial charge in [-0.05, 0) is 37.1 Å². The van der Waals surface area contributed by atoms with Crippen molar-refractivity contribution in [3.05, 3.63) is 64.7 Å². The van der Waals surface area contributed by atoms with Crippen molar-refractivity contribution in [2.75, 3.05) is 19.5 Å². The number of nitrogens with two attached hydrogens (primary N) is 1. The summed E-state index contributed by atoms with van der Waals surface area (Å²) in [6.45, 7) is 1.92. The van der Waals surface area contributed by atoms with Crippen LogP contribution < -0.4 is 15.8 Å². The van der Waals surface area contributed by atoms with Crippen molar-refractivity contribution in [2.45, 2.75) is 32.2 Å². The second-order valence-corrected chi connectivity index (χ2v) is 7.96. The highest BCUT2D eigenvalue weighted by molar-refractivity contribution is 6.01. The Morgan fingerprint density at radius 3 is 2.89 bits per heavy atom. The van der Waals surface area contributed by atoms with E-state index in [1.54, 1.807) is 31.2 Å². The van der Waals surface area contributed by atoms with Crippen LogP contribution in [0.15, 0.2) is 41.6 Å². The SMILES string of the molecule is COc1cccc(-c2cc(F)ccc2C2Cc3nc(N)nc(C)c3/C(=N/OCCCC(=O)O)N2)n1. The molecule has 182 valence electrons. The van der Waals surface area contributed by atoms with Crippen LogP contribution >= 0.6 is 0 Å². The van der Waals surface area contributed by atoms with Crippen molar-refractivity contribution in [2.24, 2.45) is 5.16 Å². The first-order valence-electron chi connectivity index (χ1n) is 11.0. The highest BCUT2D eigenvalue weighted by atomic mass is 19.1. The number of halogens is 1. The normalized spacial score (nSPS) is 15.9. The monoisotopic (exact) mass is 480 g/mol. The summed E-state index contributed by atoms with van der Waals surface area (Å²) in [4.78, 5) is 29.3. The third-order valence-corrected chi connectivity index (χ3v) is 5.51. The van der Waals surface area contributed by atoms with Crippen molar-refractivity contribution < 1.29 is 23.9 Å². The maximum Gasteiger partial charge on any atom is 0.303 e. The molecule has 1 aliphatic heterocycles. The van der Waals surface area contributed by atoms with Gasteiger partial charge in [0.1, 0.15) is 12.4 Å². The van der Waals surface area contributed by atoms with E-state index in [1.165, 1.54) is 19.2 Å². The third-order valence-electron chi connectivity index (χ3n) is 5.51. The molecule has 11 heteroatoms. The van der Waals surface area contributed by atoms with E-state index in [4.69, 9.17) is 20.4 Å². The molecule has 1 aromatic carbocycles. The Kier molecular flexibility index (Phi) is 7.04. The third kappa shape index (κ3) is 5.45. The minimum Gasteiger partial charge on any atom is -0.481 e. The fraction of sp³-hybridized carbons (Fsp3) is 0.292. The molecule has 0 aliphatic carbocycles. The Balaban J connectivity index is 1.72. The lowest BCUT2D eigenvalue weighted by Crippen LogP contribution is -2.38. The Morgan fingerprint density at radius 1 is 1.29 bits per heavy atom. The molecule has 1 atom stereocenters. The number of aryl methyl sites for hydroxylation is 1. The van der Waals surface area contributed by atoms with Crippen LogP contribution in [-0.4, -0.2) is 45.6 Å². The molecule has 0 bridgehead atoms. The number of carbonyl (C=O) groups is 1. The van der Waals surface area contributed by atoms with Gasteiger partial charge in [-0.3, -0.25) is 4.79 Å². The van der Waals surface area contributed by atoms with Crippen LogP contribution in [0, 0.1) is 12.7 Å². The smallest absolute Gasteiger partial charge is 0.303 e. The Bertz CT molecular complexity index is 1280. The number of nitrogens with one attached hydrogen (secondary N) is 1. The summed E-state index contributed by atoms with van der Waals surface area (Å²) < 4.78 is 19.5. The molecule has 0 saturated carbocycles. The molecule has 10 nitrogen and oxygen atoms in total. The Labute approximate surface area is 201 Å². The molecule has 1 unspecified atom stereocenters. The number of ether oxygens (including phenoxy) is 1. The van der Waals surface area contributed by atoms with Crippen molar-refractivity contribution >= 4 is 17.8 Å². The maximum atomic E-state index is 14.3. The van der Waals surface area contributed by atoms with E-state index in [0.29, 0.717) is 52.8 Å². The molecule has 4 rings (SSSR count). The zero-order valence-corrected chi connectivity index (χ0v) is 19.3. The number of amidine groups is 1. The average Bonchev–Trinajstić information content (AvgIpc) is 2.83. The van der Waals surface area contributed by atoms with Gasteiger partial charge < -0.3 is 25.7 Å². The molecular weight excluding hydrogens is 455 g/mol. The van der Waals surface area contributed by atoms with Gasteiger partial charge >= 0.3 is 5.97 Å². The van der Waals surface area contributed by atoms with E-state index in [2.05, 4.69) is 25.4 Å². The largest absolute Gasteiger partial charge is 0.481 e. The Hall–Kier alpha value is -4.28. The van der Waals surface area contributed by atoms with E-state index in [0.717, 1.165) is 5.56 Å². The molecule has 1 aliphatic rings. The van der Waals surface area contributed by atoms with Crippen LogP contribution in [0.5, 0.6) is 5.88 Å². The lowest BCUT2D eigenvalue weighted by Gasteiger charge is -2.29.